The quantitative estimate of drug-likeness (QED) is 0.542. The molecule has 0 saturated heterocycles. The van der Waals surface area contributed by atoms with Gasteiger partial charge in [-0.15, -0.1) is 0 Å². The van der Waals surface area contributed by atoms with E-state index < -0.39 is 0 Å². The van der Waals surface area contributed by atoms with Crippen LogP contribution in [0, 0.1) is 6.20 Å². The molecule has 3 heterocycles. The van der Waals surface area contributed by atoms with Crippen molar-refractivity contribution in [2.75, 3.05) is 0 Å². The van der Waals surface area contributed by atoms with Crippen LogP contribution in [0.4, 0.5) is 0 Å². The lowest BCUT2D eigenvalue weighted by molar-refractivity contribution is 0.837. The molecule has 0 spiro atoms. The molecule has 85 valence electrons. The molecule has 3 aromatic heterocycles. The summed E-state index contributed by atoms with van der Waals surface area (Å²) in [5, 5.41) is 5.13. The fourth-order valence-electron chi connectivity index (χ4n) is 1.89. The topological polar surface area (TPSA) is 72.3 Å². The first-order valence-corrected chi connectivity index (χ1v) is 5.44. The molecule has 0 bridgehead atoms. The molecular weight excluding hydrogens is 228 g/mol. The van der Waals surface area contributed by atoms with E-state index in [1.54, 1.807) is 17.2 Å². The number of aromatic amines is 1. The molecule has 1 aromatic carbocycles. The van der Waals surface area contributed by atoms with Gasteiger partial charge in [0.2, 0.25) is 0 Å². The summed E-state index contributed by atoms with van der Waals surface area (Å²) >= 11 is 0. The average Bonchev–Trinajstić information content (AvgIpc) is 3.04. The van der Waals surface area contributed by atoms with Crippen LogP contribution in [0.5, 0.6) is 0 Å². The number of para-hydroxylation sites is 1. The second kappa shape index (κ2) is 3.36. The lowest BCUT2D eigenvalue weighted by Gasteiger charge is -2.00. The summed E-state index contributed by atoms with van der Waals surface area (Å²) in [6, 6.07) is 7.81. The van der Waals surface area contributed by atoms with Crippen LogP contribution in [0.25, 0.3) is 28.0 Å². The van der Waals surface area contributed by atoms with Gasteiger partial charge in [0.1, 0.15) is 11.7 Å². The van der Waals surface area contributed by atoms with E-state index in [4.69, 9.17) is 0 Å². The molecule has 0 fully saturated rings. The van der Waals surface area contributed by atoms with Crippen LogP contribution in [-0.4, -0.2) is 29.7 Å². The minimum absolute atomic E-state index is 0.504. The second-order valence-corrected chi connectivity index (χ2v) is 3.85. The van der Waals surface area contributed by atoms with E-state index in [0.717, 1.165) is 16.4 Å². The number of nitrogens with one attached hydrogen (secondary N) is 1. The van der Waals surface area contributed by atoms with Crippen molar-refractivity contribution in [3.8, 4) is 5.95 Å². The fourth-order valence-corrected chi connectivity index (χ4v) is 1.89. The Hall–Kier alpha value is -2.76. The molecule has 0 amide bonds. The normalized spacial score (nSPS) is 11.3. The zero-order chi connectivity index (χ0) is 11.9. The molecule has 0 unspecified atom stereocenters. The number of benzene rings is 1. The van der Waals surface area contributed by atoms with Crippen molar-refractivity contribution in [3.63, 3.8) is 0 Å². The van der Waals surface area contributed by atoms with Gasteiger partial charge >= 0.3 is 0 Å². The maximum Gasteiger partial charge on any atom is 0.253 e. The first kappa shape index (κ1) is 9.29. The summed E-state index contributed by atoms with van der Waals surface area (Å²) in [6.07, 6.45) is 6.20. The summed E-state index contributed by atoms with van der Waals surface area (Å²) in [7, 11) is 0. The third kappa shape index (κ3) is 1.22. The Balaban J connectivity index is 2.00. The van der Waals surface area contributed by atoms with E-state index in [-0.39, 0.29) is 0 Å². The van der Waals surface area contributed by atoms with Gasteiger partial charge in [0, 0.05) is 5.39 Å². The van der Waals surface area contributed by atoms with Crippen molar-refractivity contribution in [1.29, 1.82) is 0 Å². The molecule has 0 aliphatic heterocycles. The number of hydrogen-bond donors (Lipinski definition) is 1. The Morgan fingerprint density at radius 3 is 3.11 bits per heavy atom. The molecule has 0 saturated carbocycles. The van der Waals surface area contributed by atoms with Crippen LogP contribution >= 0.6 is 0 Å². The van der Waals surface area contributed by atoms with Crippen LogP contribution in [0.1, 0.15) is 0 Å². The zero-order valence-corrected chi connectivity index (χ0v) is 9.20. The number of nitrogens with zero attached hydrogens (tertiary/aromatic N) is 5. The maximum absolute atomic E-state index is 4.38. The van der Waals surface area contributed by atoms with E-state index in [1.165, 1.54) is 0 Å². The molecular formula is C12H7N6. The van der Waals surface area contributed by atoms with Crippen LogP contribution < -0.4 is 0 Å². The Bertz CT molecular complexity index is 844. The van der Waals surface area contributed by atoms with Crippen LogP contribution in [0.3, 0.4) is 0 Å². The summed E-state index contributed by atoms with van der Waals surface area (Å²) in [4.78, 5) is 15.7. The first-order valence-electron chi connectivity index (χ1n) is 5.44. The number of imidazole rings is 1. The summed E-state index contributed by atoms with van der Waals surface area (Å²) in [5.41, 5.74) is 2.36. The van der Waals surface area contributed by atoms with Gasteiger partial charge in [-0.1, -0.05) is 18.2 Å². The second-order valence-electron chi connectivity index (χ2n) is 3.85. The van der Waals surface area contributed by atoms with Crippen molar-refractivity contribution in [3.05, 3.63) is 43.0 Å². The van der Waals surface area contributed by atoms with E-state index in [1.807, 2.05) is 24.3 Å². The predicted octanol–water partition coefficient (Wildman–Crippen LogP) is 1.49. The zero-order valence-electron chi connectivity index (χ0n) is 9.20. The van der Waals surface area contributed by atoms with E-state index in [9.17, 15) is 0 Å². The molecule has 0 aliphatic rings. The van der Waals surface area contributed by atoms with Crippen LogP contribution in [-0.2, 0) is 0 Å². The molecule has 1 radical (unpaired) electrons. The summed E-state index contributed by atoms with van der Waals surface area (Å²) in [6.45, 7) is 0. The lowest BCUT2D eigenvalue weighted by atomic mass is 10.3. The molecule has 0 atom stereocenters. The third-order valence-corrected chi connectivity index (χ3v) is 2.75. The van der Waals surface area contributed by atoms with Gasteiger partial charge in [0.05, 0.1) is 18.0 Å². The highest BCUT2D eigenvalue weighted by atomic mass is 15.3. The number of fused-ring (bicyclic) bond motifs is 2. The van der Waals surface area contributed by atoms with Crippen molar-refractivity contribution in [2.45, 2.75) is 0 Å². The smallest absolute Gasteiger partial charge is 0.253 e. The molecule has 4 aromatic rings. The van der Waals surface area contributed by atoms with Crippen molar-refractivity contribution in [1.82, 2.24) is 29.7 Å². The minimum Gasteiger partial charge on any atom is -0.329 e. The summed E-state index contributed by atoms with van der Waals surface area (Å²) < 4.78 is 1.66. The average molecular weight is 235 g/mol. The van der Waals surface area contributed by atoms with Crippen LogP contribution in [0.2, 0.25) is 0 Å². The number of hydrogen-bond acceptors (Lipinski definition) is 4. The van der Waals surface area contributed by atoms with Gasteiger partial charge in [-0.3, -0.25) is 0 Å². The Morgan fingerprint density at radius 1 is 1.17 bits per heavy atom. The van der Waals surface area contributed by atoms with Gasteiger partial charge in [-0.25, -0.2) is 9.97 Å². The monoisotopic (exact) mass is 235 g/mol. The Labute approximate surface area is 101 Å². The van der Waals surface area contributed by atoms with Crippen LogP contribution in [0.15, 0.2) is 36.8 Å². The molecule has 4 rings (SSSR count). The molecule has 0 aliphatic carbocycles. The Morgan fingerprint density at radius 2 is 2.11 bits per heavy atom. The largest absolute Gasteiger partial charge is 0.329 e. The van der Waals surface area contributed by atoms with Gasteiger partial charge < -0.3 is 4.98 Å². The molecule has 6 heteroatoms. The van der Waals surface area contributed by atoms with Crippen molar-refractivity contribution >= 4 is 22.1 Å². The van der Waals surface area contributed by atoms with Gasteiger partial charge in [-0.05, 0) is 6.07 Å². The van der Waals surface area contributed by atoms with Gasteiger partial charge in [0.25, 0.3) is 5.95 Å². The fraction of sp³-hybridized carbons (Fsp3) is 0. The standard InChI is InChI=1S/C12H7N6/c1-2-4-10-8(3-1)5-16-18(10)12-13-6-9-11(17-12)15-7-14-9/h1-4,6-7H,(H,13,14,15,17). The SMILES string of the molecule is [c]1nn(-c2ncc3nc[nH]c3n2)c2ccccc12. The van der Waals surface area contributed by atoms with Gasteiger partial charge in [-0.2, -0.15) is 14.8 Å². The third-order valence-electron chi connectivity index (χ3n) is 2.75. The summed E-state index contributed by atoms with van der Waals surface area (Å²) in [5.74, 6) is 0.504. The van der Waals surface area contributed by atoms with E-state index >= 15 is 0 Å². The highest BCUT2D eigenvalue weighted by Crippen LogP contribution is 2.15. The van der Waals surface area contributed by atoms with Gasteiger partial charge in [0.15, 0.2) is 5.65 Å². The first-order chi connectivity index (χ1) is 8.92. The number of aromatic nitrogens is 6. The molecule has 1 N–H and O–H groups in total. The predicted molar refractivity (Wildman–Crippen MR) is 65.1 cm³/mol. The molecule has 6 nitrogen and oxygen atoms in total. The van der Waals surface area contributed by atoms with Crippen molar-refractivity contribution in [2.24, 2.45) is 0 Å². The highest BCUT2D eigenvalue weighted by molar-refractivity contribution is 5.79. The Kier molecular flexibility index (Phi) is 1.74. The van der Waals surface area contributed by atoms with E-state index in [2.05, 4.69) is 31.2 Å². The number of rotatable bonds is 1. The van der Waals surface area contributed by atoms with E-state index in [0.29, 0.717) is 11.6 Å². The van der Waals surface area contributed by atoms with Crippen molar-refractivity contribution < 1.29 is 0 Å². The highest BCUT2D eigenvalue weighted by Gasteiger charge is 2.08. The molecule has 18 heavy (non-hydrogen) atoms. The minimum atomic E-state index is 0.504. The number of H-pyrrole nitrogens is 1. The lowest BCUT2D eigenvalue weighted by Crippen LogP contribution is -2.02. The maximum atomic E-state index is 4.38.